The molecule has 0 bridgehead atoms. The number of sulfone groups is 1. The van der Waals surface area contributed by atoms with Gasteiger partial charge in [0.1, 0.15) is 10.6 Å². The Morgan fingerprint density at radius 1 is 1.33 bits per heavy atom. The first-order chi connectivity index (χ1) is 10.1. The van der Waals surface area contributed by atoms with Crippen LogP contribution in [0.15, 0.2) is 11.4 Å². The molecule has 114 valence electrons. The highest BCUT2D eigenvalue weighted by atomic mass is 32.2. The molecule has 1 N–H and O–H groups in total. The van der Waals surface area contributed by atoms with Gasteiger partial charge >= 0.3 is 0 Å². The third kappa shape index (κ3) is 3.11. The van der Waals surface area contributed by atoms with Gasteiger partial charge in [-0.1, -0.05) is 6.92 Å². The van der Waals surface area contributed by atoms with Gasteiger partial charge in [-0.2, -0.15) is 4.98 Å². The lowest BCUT2D eigenvalue weighted by molar-refractivity contribution is 0.586. The highest BCUT2D eigenvalue weighted by Crippen LogP contribution is 2.29. The fourth-order valence-corrected chi connectivity index (χ4v) is 4.28. The van der Waals surface area contributed by atoms with E-state index in [-0.39, 0.29) is 11.5 Å². The Morgan fingerprint density at radius 2 is 2.10 bits per heavy atom. The van der Waals surface area contributed by atoms with Crippen molar-refractivity contribution in [3.8, 4) is 0 Å². The molecule has 0 saturated carbocycles. The number of nitrogens with one attached hydrogen (secondary N) is 1. The minimum atomic E-state index is -2.89. The zero-order valence-electron chi connectivity index (χ0n) is 11.9. The van der Waals surface area contributed by atoms with Crippen molar-refractivity contribution in [3.63, 3.8) is 0 Å². The summed E-state index contributed by atoms with van der Waals surface area (Å²) in [4.78, 5) is 12.1. The number of nitrogens with zero attached hydrogens (tertiary/aromatic N) is 3. The summed E-state index contributed by atoms with van der Waals surface area (Å²) in [5, 5.41) is 6.21. The van der Waals surface area contributed by atoms with Crippen molar-refractivity contribution in [1.82, 2.24) is 9.97 Å². The van der Waals surface area contributed by atoms with Gasteiger partial charge in [0.05, 0.1) is 16.9 Å². The third-order valence-electron chi connectivity index (χ3n) is 3.48. The van der Waals surface area contributed by atoms with E-state index in [1.54, 1.807) is 11.3 Å². The minimum Gasteiger partial charge on any atom is -0.354 e. The van der Waals surface area contributed by atoms with Gasteiger partial charge in [-0.25, -0.2) is 13.4 Å². The second kappa shape index (κ2) is 5.76. The number of hydrogen-bond acceptors (Lipinski definition) is 7. The molecule has 1 aliphatic heterocycles. The average Bonchev–Trinajstić information content (AvgIpc) is 2.92. The van der Waals surface area contributed by atoms with Crippen LogP contribution >= 0.6 is 11.3 Å². The zero-order chi connectivity index (χ0) is 14.9. The first-order valence-corrected chi connectivity index (χ1v) is 9.73. The molecule has 8 heteroatoms. The topological polar surface area (TPSA) is 75.2 Å². The van der Waals surface area contributed by atoms with Gasteiger partial charge < -0.3 is 10.2 Å². The molecule has 0 unspecified atom stereocenters. The molecule has 1 aliphatic rings. The predicted molar refractivity (Wildman–Crippen MR) is 87.1 cm³/mol. The van der Waals surface area contributed by atoms with E-state index in [4.69, 9.17) is 0 Å². The molecule has 3 rings (SSSR count). The summed E-state index contributed by atoms with van der Waals surface area (Å²) in [5.74, 6) is 1.85. The molecule has 2 aromatic rings. The Morgan fingerprint density at radius 3 is 2.81 bits per heavy atom. The van der Waals surface area contributed by atoms with Crippen molar-refractivity contribution < 1.29 is 8.42 Å². The first kappa shape index (κ1) is 14.5. The van der Waals surface area contributed by atoms with Crippen molar-refractivity contribution in [2.24, 2.45) is 0 Å². The molecule has 2 aromatic heterocycles. The quantitative estimate of drug-likeness (QED) is 0.922. The predicted octanol–water partition coefficient (Wildman–Crippen LogP) is 1.75. The van der Waals surface area contributed by atoms with E-state index >= 15 is 0 Å². The van der Waals surface area contributed by atoms with Gasteiger partial charge in [-0.15, -0.1) is 11.3 Å². The van der Waals surface area contributed by atoms with Crippen molar-refractivity contribution in [1.29, 1.82) is 0 Å². The van der Waals surface area contributed by atoms with Gasteiger partial charge in [-0.05, 0) is 17.9 Å². The van der Waals surface area contributed by atoms with Crippen LogP contribution in [0.2, 0.25) is 0 Å². The smallest absolute Gasteiger partial charge is 0.226 e. The fraction of sp³-hybridized carbons (Fsp3) is 0.538. The van der Waals surface area contributed by atoms with Crippen LogP contribution in [0.1, 0.15) is 13.3 Å². The molecule has 0 spiro atoms. The second-order valence-corrected chi connectivity index (χ2v) is 8.27. The summed E-state index contributed by atoms with van der Waals surface area (Å²) < 4.78 is 23.2. The third-order valence-corrected chi connectivity index (χ3v) is 5.90. The first-order valence-electron chi connectivity index (χ1n) is 7.03. The lowest BCUT2D eigenvalue weighted by Crippen LogP contribution is -2.40. The lowest BCUT2D eigenvalue weighted by Gasteiger charge is -2.28. The van der Waals surface area contributed by atoms with Crippen LogP contribution in [0.3, 0.4) is 0 Å². The van der Waals surface area contributed by atoms with Gasteiger partial charge in [0.15, 0.2) is 9.84 Å². The van der Waals surface area contributed by atoms with E-state index < -0.39 is 9.84 Å². The maximum absolute atomic E-state index is 11.6. The molecule has 1 saturated heterocycles. The molecule has 0 radical (unpaired) electrons. The minimum absolute atomic E-state index is 0.195. The van der Waals surface area contributed by atoms with Crippen molar-refractivity contribution in [2.45, 2.75) is 13.3 Å². The summed E-state index contributed by atoms with van der Waals surface area (Å²) in [7, 11) is -2.89. The Balaban J connectivity index is 1.94. The van der Waals surface area contributed by atoms with Crippen LogP contribution in [-0.4, -0.2) is 49.5 Å². The molecule has 1 fully saturated rings. The Labute approximate surface area is 128 Å². The highest BCUT2D eigenvalue weighted by molar-refractivity contribution is 7.91. The summed E-state index contributed by atoms with van der Waals surface area (Å²) in [6.45, 7) is 3.91. The van der Waals surface area contributed by atoms with Crippen LogP contribution < -0.4 is 10.2 Å². The number of fused-ring (bicyclic) bond motifs is 1. The molecule has 3 heterocycles. The van der Waals surface area contributed by atoms with Crippen LogP contribution in [0.5, 0.6) is 0 Å². The SMILES string of the molecule is CCCNc1nc(N2CCS(=O)(=O)CC2)c2ccsc2n1. The van der Waals surface area contributed by atoms with Crippen LogP contribution in [0.4, 0.5) is 11.8 Å². The molecule has 0 aliphatic carbocycles. The van der Waals surface area contributed by atoms with Gasteiger partial charge in [0.25, 0.3) is 0 Å². The molecule has 0 amide bonds. The van der Waals surface area contributed by atoms with E-state index in [1.165, 1.54) is 0 Å². The lowest BCUT2D eigenvalue weighted by atomic mass is 10.3. The second-order valence-electron chi connectivity index (χ2n) is 5.08. The largest absolute Gasteiger partial charge is 0.354 e. The number of thiophene rings is 1. The van der Waals surface area contributed by atoms with Crippen LogP contribution in [-0.2, 0) is 9.84 Å². The monoisotopic (exact) mass is 326 g/mol. The van der Waals surface area contributed by atoms with Crippen molar-refractivity contribution in [3.05, 3.63) is 11.4 Å². The summed E-state index contributed by atoms with van der Waals surface area (Å²) in [6.07, 6.45) is 1.00. The summed E-state index contributed by atoms with van der Waals surface area (Å²) in [5.41, 5.74) is 0. The molecular weight excluding hydrogens is 308 g/mol. The normalized spacial score (nSPS) is 18.0. The number of hydrogen-bond donors (Lipinski definition) is 1. The fourth-order valence-electron chi connectivity index (χ4n) is 2.32. The maximum Gasteiger partial charge on any atom is 0.226 e. The number of aromatic nitrogens is 2. The molecule has 0 atom stereocenters. The molecule has 21 heavy (non-hydrogen) atoms. The van der Waals surface area contributed by atoms with Crippen LogP contribution in [0, 0.1) is 0 Å². The Hall–Kier alpha value is -1.41. The number of anilines is 2. The molecular formula is C13H18N4O2S2. The molecule has 0 aromatic carbocycles. The van der Waals surface area contributed by atoms with E-state index in [9.17, 15) is 8.42 Å². The Bertz CT molecular complexity index is 728. The van der Waals surface area contributed by atoms with E-state index in [0.717, 1.165) is 29.0 Å². The number of rotatable bonds is 4. The maximum atomic E-state index is 11.6. The Kier molecular flexibility index (Phi) is 3.99. The van der Waals surface area contributed by atoms with Crippen molar-refractivity contribution in [2.75, 3.05) is 41.4 Å². The van der Waals surface area contributed by atoms with Crippen molar-refractivity contribution >= 4 is 43.2 Å². The van der Waals surface area contributed by atoms with E-state index in [2.05, 4.69) is 27.1 Å². The average molecular weight is 326 g/mol. The zero-order valence-corrected chi connectivity index (χ0v) is 13.5. The highest BCUT2D eigenvalue weighted by Gasteiger charge is 2.24. The van der Waals surface area contributed by atoms with Crippen LogP contribution in [0.25, 0.3) is 10.2 Å². The summed E-state index contributed by atoms with van der Waals surface area (Å²) in [6, 6.07) is 2.00. The summed E-state index contributed by atoms with van der Waals surface area (Å²) >= 11 is 1.58. The van der Waals surface area contributed by atoms with E-state index in [0.29, 0.717) is 19.0 Å². The molecule has 6 nitrogen and oxygen atoms in total. The van der Waals surface area contributed by atoms with E-state index in [1.807, 2.05) is 11.4 Å². The van der Waals surface area contributed by atoms with Gasteiger partial charge in [-0.3, -0.25) is 0 Å². The van der Waals surface area contributed by atoms with Gasteiger partial charge in [0, 0.05) is 19.6 Å². The van der Waals surface area contributed by atoms with Gasteiger partial charge in [0.2, 0.25) is 5.95 Å². The standard InChI is InChI=1S/C13H18N4O2S2/c1-2-4-14-13-15-11(10-3-7-20-12(10)16-13)17-5-8-21(18,19)9-6-17/h3,7H,2,4-6,8-9H2,1H3,(H,14,15,16).